The molecule has 51 heavy (non-hydrogen) atoms. The van der Waals surface area contributed by atoms with E-state index in [0.717, 1.165) is 29.2 Å². The zero-order chi connectivity index (χ0) is 33.6. The number of rotatable bonds is 2. The number of hydrogen-bond acceptors (Lipinski definition) is 1. The molecule has 13 rings (SSSR count). The van der Waals surface area contributed by atoms with Crippen LogP contribution in [-0.2, 0) is 5.41 Å². The lowest BCUT2D eigenvalue weighted by Gasteiger charge is -2.61. The smallest absolute Gasteiger partial charge is 0.114 e. The third kappa shape index (κ3) is 3.69. The van der Waals surface area contributed by atoms with Crippen LogP contribution in [0.15, 0.2) is 128 Å². The van der Waals surface area contributed by atoms with Gasteiger partial charge < -0.3 is 0 Å². The monoisotopic (exact) mass is 671 g/mol. The zero-order valence-corrected chi connectivity index (χ0v) is 30.4. The van der Waals surface area contributed by atoms with Crippen LogP contribution in [0.4, 0.5) is 0 Å². The van der Waals surface area contributed by atoms with Gasteiger partial charge in [0.05, 0.1) is 5.52 Å². The van der Waals surface area contributed by atoms with Gasteiger partial charge in [-0.3, -0.25) is 4.98 Å². The minimum atomic E-state index is -1.90. The van der Waals surface area contributed by atoms with Gasteiger partial charge in [-0.1, -0.05) is 110 Å². The third-order valence-corrected chi connectivity index (χ3v) is 18.0. The molecular weight excluding hydrogens is 631 g/mol. The second kappa shape index (κ2) is 9.95. The fourth-order valence-electron chi connectivity index (χ4n) is 12.7. The zero-order valence-electron chi connectivity index (χ0n) is 29.4. The summed E-state index contributed by atoms with van der Waals surface area (Å²) in [5.41, 5.74) is 15.7. The number of hydrogen-bond donors (Lipinski definition) is 0. The van der Waals surface area contributed by atoms with Crippen molar-refractivity contribution in [3.63, 3.8) is 0 Å². The van der Waals surface area contributed by atoms with Crippen LogP contribution < -0.4 is 10.4 Å². The summed E-state index contributed by atoms with van der Waals surface area (Å²) in [5.74, 6) is 3.34. The summed E-state index contributed by atoms with van der Waals surface area (Å²) in [5, 5.41) is 7.24. The van der Waals surface area contributed by atoms with Crippen LogP contribution in [0.5, 0.6) is 0 Å². The fourth-order valence-corrected chi connectivity index (χ4v) is 16.1. The lowest BCUT2D eigenvalue weighted by molar-refractivity contribution is -0.0399. The van der Waals surface area contributed by atoms with Gasteiger partial charge >= 0.3 is 0 Å². The predicted octanol–water partition coefficient (Wildman–Crippen LogP) is 11.2. The van der Waals surface area contributed by atoms with Gasteiger partial charge in [0, 0.05) is 17.0 Å². The van der Waals surface area contributed by atoms with E-state index in [1.54, 1.807) is 21.5 Å². The molecule has 0 amide bonds. The van der Waals surface area contributed by atoms with Crippen LogP contribution in [0.25, 0.3) is 66.2 Å². The van der Waals surface area contributed by atoms with E-state index in [4.69, 9.17) is 4.98 Å². The molecule has 4 saturated carbocycles. The quantitative estimate of drug-likeness (QED) is 0.167. The summed E-state index contributed by atoms with van der Waals surface area (Å²) in [4.78, 5) is 4.71. The molecule has 5 aliphatic carbocycles. The lowest BCUT2D eigenvalue weighted by Crippen LogP contribution is -2.55. The fraction of sp³-hybridized carbons (Fsp3) is 0.245. The van der Waals surface area contributed by atoms with E-state index < -0.39 is 8.07 Å². The molecular formula is C49H41NSi. The summed E-state index contributed by atoms with van der Waals surface area (Å²) in [7, 11) is -1.90. The summed E-state index contributed by atoms with van der Waals surface area (Å²) < 4.78 is 0. The van der Waals surface area contributed by atoms with Crippen LogP contribution in [0, 0.1) is 23.7 Å². The highest BCUT2D eigenvalue weighted by molar-refractivity contribution is 7.05. The Morgan fingerprint density at radius 2 is 1.22 bits per heavy atom. The second-order valence-electron chi connectivity index (χ2n) is 17.2. The maximum Gasteiger partial charge on any atom is 0.114 e. The minimum absolute atomic E-state index is 0.130. The van der Waals surface area contributed by atoms with Gasteiger partial charge in [0.15, 0.2) is 0 Å². The average molecular weight is 672 g/mol. The Balaban J connectivity index is 1.03. The van der Waals surface area contributed by atoms with Crippen LogP contribution >= 0.6 is 0 Å². The number of nitrogens with zero attached hydrogens (tertiary/aromatic N) is 1. The summed E-state index contributed by atoms with van der Waals surface area (Å²) in [6.45, 7) is 5.12. The summed E-state index contributed by atoms with van der Waals surface area (Å²) in [6, 6.07) is 47.2. The van der Waals surface area contributed by atoms with Crippen LogP contribution in [0.1, 0.15) is 43.2 Å². The third-order valence-electron chi connectivity index (χ3n) is 14.5. The molecule has 1 aromatic heterocycles. The van der Waals surface area contributed by atoms with Gasteiger partial charge in [0.1, 0.15) is 8.07 Å². The van der Waals surface area contributed by atoms with E-state index in [-0.39, 0.29) is 5.41 Å². The number of aromatic nitrogens is 1. The first-order valence-corrected chi connectivity index (χ1v) is 22.3. The van der Waals surface area contributed by atoms with Gasteiger partial charge in [-0.15, -0.1) is 0 Å². The average Bonchev–Trinajstić information content (AvgIpc) is 3.58. The maximum absolute atomic E-state index is 4.71. The van der Waals surface area contributed by atoms with E-state index in [1.807, 2.05) is 6.20 Å². The first-order valence-electron chi connectivity index (χ1n) is 19.3. The topological polar surface area (TPSA) is 12.9 Å². The van der Waals surface area contributed by atoms with E-state index >= 15 is 0 Å². The molecule has 6 aliphatic rings. The van der Waals surface area contributed by atoms with Gasteiger partial charge in [0.25, 0.3) is 0 Å². The van der Waals surface area contributed by atoms with Crippen molar-refractivity contribution < 1.29 is 0 Å². The summed E-state index contributed by atoms with van der Waals surface area (Å²) >= 11 is 0. The number of benzene rings is 6. The van der Waals surface area contributed by atoms with Crippen LogP contribution in [-0.4, -0.2) is 13.1 Å². The highest BCUT2D eigenvalue weighted by Crippen LogP contribution is 2.69. The molecule has 1 spiro atoms. The van der Waals surface area contributed by atoms with Gasteiger partial charge in [-0.05, 0) is 157 Å². The molecule has 4 fully saturated rings. The molecule has 0 radical (unpaired) electrons. The first kappa shape index (κ1) is 28.9. The Labute approximate surface area is 301 Å². The van der Waals surface area contributed by atoms with Crippen molar-refractivity contribution in [1.29, 1.82) is 0 Å². The van der Waals surface area contributed by atoms with Crippen molar-refractivity contribution in [3.05, 3.63) is 139 Å². The Morgan fingerprint density at radius 3 is 2.06 bits per heavy atom. The van der Waals surface area contributed by atoms with Crippen molar-refractivity contribution >= 4 is 40.1 Å². The van der Waals surface area contributed by atoms with E-state index in [9.17, 15) is 0 Å². The molecule has 4 bridgehead atoms. The highest BCUT2D eigenvalue weighted by Gasteiger charge is 2.61. The van der Waals surface area contributed by atoms with Crippen molar-refractivity contribution in [2.45, 2.75) is 50.6 Å². The SMILES string of the molecule is C[Si]1(C)c2cc(-c3ccc4c(c3)-c3ccc(-c5ccnc6ccccc56)cc3C43C4CC5CC(C4)CC3C5)ccc2-c2ccc3ccccc3c21. The number of pyridine rings is 1. The minimum Gasteiger partial charge on any atom is -0.256 e. The molecule has 1 nitrogen and oxygen atoms in total. The largest absolute Gasteiger partial charge is 0.256 e. The molecule has 0 atom stereocenters. The molecule has 0 saturated heterocycles. The van der Waals surface area contributed by atoms with Gasteiger partial charge in [0.2, 0.25) is 0 Å². The second-order valence-corrected chi connectivity index (χ2v) is 21.5. The van der Waals surface area contributed by atoms with Crippen LogP contribution in [0.3, 0.4) is 0 Å². The predicted molar refractivity (Wildman–Crippen MR) is 216 cm³/mol. The van der Waals surface area contributed by atoms with Crippen LogP contribution in [0.2, 0.25) is 13.1 Å². The van der Waals surface area contributed by atoms with Crippen molar-refractivity contribution in [3.8, 4) is 44.5 Å². The van der Waals surface area contributed by atoms with E-state index in [1.165, 1.54) is 92.8 Å². The van der Waals surface area contributed by atoms with E-state index in [0.29, 0.717) is 0 Å². The molecule has 0 N–H and O–H groups in total. The Hall–Kier alpha value is -4.79. The molecule has 6 aromatic carbocycles. The first-order chi connectivity index (χ1) is 25.0. The number of para-hydroxylation sites is 1. The van der Waals surface area contributed by atoms with Gasteiger partial charge in [-0.2, -0.15) is 0 Å². The molecule has 2 heterocycles. The Kier molecular flexibility index (Phi) is 5.63. The molecule has 1 aliphatic heterocycles. The summed E-state index contributed by atoms with van der Waals surface area (Å²) in [6.07, 6.45) is 9.06. The number of fused-ring (bicyclic) bond motifs is 9. The lowest BCUT2D eigenvalue weighted by atomic mass is 9.43. The highest BCUT2D eigenvalue weighted by atomic mass is 28.3. The maximum atomic E-state index is 4.71. The molecule has 0 unspecified atom stereocenters. The van der Waals surface area contributed by atoms with Crippen molar-refractivity contribution in [2.24, 2.45) is 23.7 Å². The molecule has 2 heteroatoms. The molecule has 246 valence electrons. The Morgan fingerprint density at radius 1 is 0.529 bits per heavy atom. The normalized spacial score (nSPS) is 25.7. The van der Waals surface area contributed by atoms with Crippen molar-refractivity contribution in [1.82, 2.24) is 4.98 Å². The van der Waals surface area contributed by atoms with Gasteiger partial charge in [-0.25, -0.2) is 0 Å². The molecule has 7 aromatic rings. The standard InChI is InChI=1S/C49H41NSi/c1-51(2)47-28-33(12-16-41(47)42-17-11-31-7-3-4-8-38(31)48(42)51)32-14-18-44-43(26-32)39-15-13-34(37-19-20-50-46-10-6-5-9-40(37)46)27-45(39)49(44)35-22-29-21-30(24-35)25-36(49)23-29/h3-20,26-30,35-36H,21-25H2,1-2H3. The van der Waals surface area contributed by atoms with Crippen molar-refractivity contribution in [2.75, 3.05) is 0 Å². The Bertz CT molecular complexity index is 2610. The van der Waals surface area contributed by atoms with E-state index in [2.05, 4.69) is 134 Å².